The molecule has 1 fully saturated rings. The van der Waals surface area contributed by atoms with Crippen molar-refractivity contribution in [1.29, 1.82) is 0 Å². The van der Waals surface area contributed by atoms with Crippen molar-refractivity contribution in [3.05, 3.63) is 77.2 Å². The minimum absolute atomic E-state index is 0.0980. The van der Waals surface area contributed by atoms with Gasteiger partial charge in [-0.15, -0.1) is 0 Å². The summed E-state index contributed by atoms with van der Waals surface area (Å²) in [6.07, 6.45) is 2.65. The Kier molecular flexibility index (Phi) is 6.94. The third-order valence-electron chi connectivity index (χ3n) is 7.13. The lowest BCUT2D eigenvalue weighted by Gasteiger charge is -2.36. The second-order valence-electron chi connectivity index (χ2n) is 9.83. The minimum Gasteiger partial charge on any atom is -0.356 e. The summed E-state index contributed by atoms with van der Waals surface area (Å²) in [6.45, 7) is 5.25. The number of hydrogen-bond acceptors (Lipinski definition) is 6. The maximum Gasteiger partial charge on any atom is 0.243 e. The van der Waals surface area contributed by atoms with Gasteiger partial charge in [-0.05, 0) is 48.6 Å². The molecule has 0 atom stereocenters. The largest absolute Gasteiger partial charge is 0.356 e. The van der Waals surface area contributed by atoms with Crippen LogP contribution in [0, 0.1) is 11.7 Å². The Hall–Kier alpha value is -3.04. The molecule has 0 unspecified atom stereocenters. The molecule has 2 aliphatic rings. The van der Waals surface area contributed by atoms with Crippen LogP contribution in [-0.2, 0) is 29.5 Å². The van der Waals surface area contributed by atoms with Gasteiger partial charge in [0.15, 0.2) is 0 Å². The molecule has 3 aromatic rings. The van der Waals surface area contributed by atoms with Crippen LogP contribution < -0.4 is 9.80 Å². The molecule has 7 nitrogen and oxygen atoms in total. The third-order valence-corrected chi connectivity index (χ3v) is 8.99. The van der Waals surface area contributed by atoms with Gasteiger partial charge in [0.05, 0.1) is 10.6 Å². The lowest BCUT2D eigenvalue weighted by atomic mass is 9.98. The highest BCUT2D eigenvalue weighted by molar-refractivity contribution is 7.89. The zero-order valence-electron chi connectivity index (χ0n) is 20.8. The van der Waals surface area contributed by atoms with E-state index < -0.39 is 15.8 Å². The summed E-state index contributed by atoms with van der Waals surface area (Å²) in [6, 6.07) is 15.2. The van der Waals surface area contributed by atoms with E-state index in [1.165, 1.54) is 34.1 Å². The summed E-state index contributed by atoms with van der Waals surface area (Å²) in [5.74, 6) is 1.69. The fraction of sp³-hybridized carbons (Fsp3) is 0.407. The topological polar surface area (TPSA) is 69.6 Å². The number of nitrogens with zero attached hydrogens (tertiary/aromatic N) is 5. The van der Waals surface area contributed by atoms with Gasteiger partial charge in [-0.1, -0.05) is 37.3 Å². The van der Waals surface area contributed by atoms with E-state index in [1.54, 1.807) is 0 Å². The predicted octanol–water partition coefficient (Wildman–Crippen LogP) is 4.24. The fourth-order valence-corrected chi connectivity index (χ4v) is 6.31. The average Bonchev–Trinajstić information content (AvgIpc) is 2.89. The molecule has 0 spiro atoms. The monoisotopic (exact) mass is 509 g/mol. The SMILES string of the molecule is CC1CCN(c2nc(N(C)Cc3ccccc3)nc3c2CN(S(=O)(=O)c2ccc(F)cc2)CC3)CC1. The number of sulfonamides is 1. The van der Waals surface area contributed by atoms with Crippen LogP contribution in [0.3, 0.4) is 0 Å². The number of anilines is 2. The van der Waals surface area contributed by atoms with Gasteiger partial charge in [-0.2, -0.15) is 9.29 Å². The highest BCUT2D eigenvalue weighted by Gasteiger charge is 2.33. The lowest BCUT2D eigenvalue weighted by Crippen LogP contribution is -2.40. The molecule has 0 aliphatic carbocycles. The van der Waals surface area contributed by atoms with Crippen molar-refractivity contribution in [2.75, 3.05) is 36.5 Å². The molecule has 2 aromatic carbocycles. The molecule has 0 N–H and O–H groups in total. The van der Waals surface area contributed by atoms with Crippen LogP contribution in [0.15, 0.2) is 59.5 Å². The zero-order valence-corrected chi connectivity index (χ0v) is 21.6. The molecule has 2 aliphatic heterocycles. The maximum absolute atomic E-state index is 13.4. The molecule has 5 rings (SSSR count). The number of rotatable bonds is 6. The van der Waals surface area contributed by atoms with Crippen LogP contribution in [-0.4, -0.2) is 49.4 Å². The Balaban J connectivity index is 1.48. The highest BCUT2D eigenvalue weighted by atomic mass is 32.2. The smallest absolute Gasteiger partial charge is 0.243 e. The third kappa shape index (κ3) is 5.08. The summed E-state index contributed by atoms with van der Waals surface area (Å²) in [7, 11) is -1.77. The van der Waals surface area contributed by atoms with E-state index >= 15 is 0 Å². The second-order valence-corrected chi connectivity index (χ2v) is 11.8. The number of benzene rings is 2. The van der Waals surface area contributed by atoms with E-state index in [1.807, 2.05) is 30.1 Å². The molecule has 1 saturated heterocycles. The molecule has 0 amide bonds. The van der Waals surface area contributed by atoms with E-state index in [2.05, 4.69) is 24.0 Å². The van der Waals surface area contributed by atoms with E-state index in [-0.39, 0.29) is 11.4 Å². The highest BCUT2D eigenvalue weighted by Crippen LogP contribution is 2.33. The summed E-state index contributed by atoms with van der Waals surface area (Å²) >= 11 is 0. The van der Waals surface area contributed by atoms with Gasteiger partial charge in [-0.25, -0.2) is 17.8 Å². The van der Waals surface area contributed by atoms with Gasteiger partial charge >= 0.3 is 0 Å². The van der Waals surface area contributed by atoms with Crippen molar-refractivity contribution in [3.63, 3.8) is 0 Å². The Morgan fingerprint density at radius 2 is 1.69 bits per heavy atom. The summed E-state index contributed by atoms with van der Waals surface area (Å²) in [5.41, 5.74) is 2.95. The fourth-order valence-electron chi connectivity index (χ4n) is 4.90. The van der Waals surface area contributed by atoms with Crippen molar-refractivity contribution >= 4 is 21.8 Å². The molecule has 0 radical (unpaired) electrons. The summed E-state index contributed by atoms with van der Waals surface area (Å²) < 4.78 is 41.6. The molecule has 1 aromatic heterocycles. The quantitative estimate of drug-likeness (QED) is 0.495. The van der Waals surface area contributed by atoms with Gasteiger partial charge in [0.2, 0.25) is 16.0 Å². The van der Waals surface area contributed by atoms with Crippen LogP contribution in [0.4, 0.5) is 16.2 Å². The minimum atomic E-state index is -3.76. The number of fused-ring (bicyclic) bond motifs is 1. The van der Waals surface area contributed by atoms with E-state index in [0.717, 1.165) is 43.0 Å². The van der Waals surface area contributed by atoms with Crippen molar-refractivity contribution in [3.8, 4) is 0 Å². The summed E-state index contributed by atoms with van der Waals surface area (Å²) in [5, 5.41) is 0. The first-order valence-corrected chi connectivity index (χ1v) is 13.9. The van der Waals surface area contributed by atoms with Crippen LogP contribution in [0.2, 0.25) is 0 Å². The van der Waals surface area contributed by atoms with Crippen LogP contribution in [0.25, 0.3) is 0 Å². The molecule has 36 heavy (non-hydrogen) atoms. The summed E-state index contributed by atoms with van der Waals surface area (Å²) in [4.78, 5) is 14.3. The van der Waals surface area contributed by atoms with E-state index in [9.17, 15) is 12.8 Å². The first kappa shape index (κ1) is 24.6. The Morgan fingerprint density at radius 3 is 2.39 bits per heavy atom. The molecule has 0 bridgehead atoms. The molecule has 190 valence electrons. The zero-order chi connectivity index (χ0) is 25.3. The molecular formula is C27H32FN5O2S. The predicted molar refractivity (Wildman–Crippen MR) is 139 cm³/mol. The molecule has 0 saturated carbocycles. The van der Waals surface area contributed by atoms with Gasteiger partial charge in [0, 0.05) is 51.8 Å². The Bertz CT molecular complexity index is 1310. The van der Waals surface area contributed by atoms with Crippen molar-refractivity contribution < 1.29 is 12.8 Å². The van der Waals surface area contributed by atoms with Crippen molar-refractivity contribution in [2.24, 2.45) is 5.92 Å². The molecule has 9 heteroatoms. The Morgan fingerprint density at radius 1 is 1.00 bits per heavy atom. The van der Waals surface area contributed by atoms with Crippen LogP contribution >= 0.6 is 0 Å². The van der Waals surface area contributed by atoms with Crippen molar-refractivity contribution in [2.45, 2.75) is 44.2 Å². The van der Waals surface area contributed by atoms with Gasteiger partial charge in [-0.3, -0.25) is 0 Å². The van der Waals surface area contributed by atoms with Crippen LogP contribution in [0.1, 0.15) is 36.6 Å². The first-order chi connectivity index (χ1) is 17.3. The number of aromatic nitrogens is 2. The molecule has 3 heterocycles. The number of halogens is 1. The normalized spacial score (nSPS) is 17.1. The standard InChI is InChI=1S/C27H32FN5O2S/c1-20-12-15-32(16-13-20)26-24-19-33(36(34,35)23-10-8-22(28)9-11-23)17-14-25(24)29-27(30-26)31(2)18-21-6-4-3-5-7-21/h3-11,20H,12-19H2,1-2H3. The first-order valence-electron chi connectivity index (χ1n) is 12.5. The maximum atomic E-state index is 13.4. The van der Waals surface area contributed by atoms with Crippen molar-refractivity contribution in [1.82, 2.24) is 14.3 Å². The number of hydrogen-bond donors (Lipinski definition) is 0. The second kappa shape index (κ2) is 10.1. The molecular weight excluding hydrogens is 477 g/mol. The lowest BCUT2D eigenvalue weighted by molar-refractivity contribution is 0.384. The van der Waals surface area contributed by atoms with Gasteiger partial charge < -0.3 is 9.80 Å². The van der Waals surface area contributed by atoms with Gasteiger partial charge in [0.1, 0.15) is 11.6 Å². The number of piperidine rings is 1. The Labute approximate surface area is 212 Å². The van der Waals surface area contributed by atoms with E-state index in [0.29, 0.717) is 31.4 Å². The van der Waals surface area contributed by atoms with E-state index in [4.69, 9.17) is 9.97 Å². The average molecular weight is 510 g/mol. The van der Waals surface area contributed by atoms with Crippen LogP contribution in [0.5, 0.6) is 0 Å². The van der Waals surface area contributed by atoms with Gasteiger partial charge in [0.25, 0.3) is 0 Å².